The number of methoxy groups -OCH3 is 2. The Hall–Kier alpha value is -3.00. The Labute approximate surface area is 213 Å². The number of aliphatic hydroxyl groups excluding tert-OH is 1. The number of ether oxygens (including phenoxy) is 2. The summed E-state index contributed by atoms with van der Waals surface area (Å²) in [6.07, 6.45) is 7.48. The third-order valence-electron chi connectivity index (χ3n) is 6.77. The number of carboxylic acids is 1. The summed E-state index contributed by atoms with van der Waals surface area (Å²) in [6, 6.07) is 17.1. The molecule has 1 amide bonds. The van der Waals surface area contributed by atoms with Crippen LogP contribution in [0, 0.1) is 0 Å². The number of rotatable bonds is 14. The zero-order valence-electron chi connectivity index (χ0n) is 21.1. The van der Waals surface area contributed by atoms with E-state index in [4.69, 9.17) is 14.6 Å². The maximum Gasteiger partial charge on any atom is 0.303 e. The molecule has 1 fully saturated rings. The lowest BCUT2D eigenvalue weighted by Crippen LogP contribution is -2.32. The van der Waals surface area contributed by atoms with Crippen LogP contribution < -0.4 is 0 Å². The fourth-order valence-electron chi connectivity index (χ4n) is 4.81. The minimum Gasteiger partial charge on any atom is -0.481 e. The van der Waals surface area contributed by atoms with Crippen LogP contribution in [0.3, 0.4) is 0 Å². The van der Waals surface area contributed by atoms with E-state index in [2.05, 4.69) is 0 Å². The van der Waals surface area contributed by atoms with Gasteiger partial charge in [-0.15, -0.1) is 0 Å². The number of unbranched alkanes of at least 4 members (excludes halogenated alkanes) is 3. The topological polar surface area (TPSA) is 96.3 Å². The number of hydrogen-bond acceptors (Lipinski definition) is 5. The molecule has 1 saturated heterocycles. The smallest absolute Gasteiger partial charge is 0.303 e. The Morgan fingerprint density at radius 1 is 1.06 bits per heavy atom. The van der Waals surface area contributed by atoms with E-state index in [0.29, 0.717) is 24.9 Å². The minimum atomic E-state index is -1.10. The van der Waals surface area contributed by atoms with Gasteiger partial charge in [0, 0.05) is 44.7 Å². The number of benzene rings is 2. The van der Waals surface area contributed by atoms with Crippen molar-refractivity contribution in [2.24, 2.45) is 0 Å². The van der Waals surface area contributed by atoms with Crippen LogP contribution in [-0.4, -0.2) is 53.8 Å². The van der Waals surface area contributed by atoms with Crippen molar-refractivity contribution in [2.45, 2.75) is 62.9 Å². The minimum absolute atomic E-state index is 0.0456. The molecule has 1 heterocycles. The first-order valence-electron chi connectivity index (χ1n) is 12.5. The van der Waals surface area contributed by atoms with Crippen LogP contribution in [0.5, 0.6) is 0 Å². The van der Waals surface area contributed by atoms with Crippen molar-refractivity contribution in [1.82, 2.24) is 4.90 Å². The lowest BCUT2D eigenvalue weighted by molar-refractivity contribution is -0.183. The summed E-state index contributed by atoms with van der Waals surface area (Å²) < 4.78 is 11.7. The number of amides is 1. The van der Waals surface area contributed by atoms with Gasteiger partial charge in [0.05, 0.1) is 12.1 Å². The molecule has 7 heteroatoms. The molecule has 0 aromatic heterocycles. The van der Waals surface area contributed by atoms with Crippen LogP contribution in [0.15, 0.2) is 66.7 Å². The Morgan fingerprint density at radius 2 is 1.75 bits per heavy atom. The summed E-state index contributed by atoms with van der Waals surface area (Å²) in [4.78, 5) is 24.9. The number of aliphatic carboxylic acids is 1. The van der Waals surface area contributed by atoms with E-state index in [0.717, 1.165) is 36.8 Å². The number of hydrogen-bond donors (Lipinski definition) is 2. The predicted molar refractivity (Wildman–Crippen MR) is 137 cm³/mol. The number of carboxylic acid groups (broad SMARTS) is 1. The van der Waals surface area contributed by atoms with E-state index in [1.165, 1.54) is 0 Å². The molecular formula is C29H37NO6. The number of aliphatic hydroxyl groups is 1. The van der Waals surface area contributed by atoms with Gasteiger partial charge in [-0.05, 0) is 30.9 Å². The van der Waals surface area contributed by atoms with E-state index in [1.54, 1.807) is 20.3 Å². The second kappa shape index (κ2) is 13.3. The van der Waals surface area contributed by atoms with Crippen LogP contribution in [0.4, 0.5) is 0 Å². The lowest BCUT2D eigenvalue weighted by atomic mass is 9.94. The standard InChI is InChI=1S/C29H37NO6/c1-35-29(36-2,23-12-6-5-7-13-23)24-14-10-11-22(21-24)26(31)18-16-25-17-19-27(32)30(25)20-9-4-3-8-15-28(33)34/h5-7,10-14,16,18,21,25-26,31H,3-4,8-9,15,17,19-20H2,1-2H3,(H,33,34). The van der Waals surface area contributed by atoms with Crippen molar-refractivity contribution in [3.05, 3.63) is 83.4 Å². The highest BCUT2D eigenvalue weighted by molar-refractivity contribution is 5.79. The molecule has 0 saturated carbocycles. The second-order valence-corrected chi connectivity index (χ2v) is 9.10. The molecule has 2 atom stereocenters. The summed E-state index contributed by atoms with van der Waals surface area (Å²) in [7, 11) is 3.19. The third kappa shape index (κ3) is 6.81. The van der Waals surface area contributed by atoms with E-state index in [1.807, 2.05) is 65.6 Å². The average Bonchev–Trinajstić information content (AvgIpc) is 3.25. The zero-order chi connectivity index (χ0) is 26.0. The average molecular weight is 496 g/mol. The molecule has 2 aromatic carbocycles. The van der Waals surface area contributed by atoms with Crippen molar-refractivity contribution in [3.63, 3.8) is 0 Å². The summed E-state index contributed by atoms with van der Waals surface area (Å²) in [5.41, 5.74) is 2.32. The Morgan fingerprint density at radius 3 is 2.44 bits per heavy atom. The van der Waals surface area contributed by atoms with Gasteiger partial charge in [-0.25, -0.2) is 0 Å². The molecule has 7 nitrogen and oxygen atoms in total. The SMILES string of the molecule is COC(OC)(c1ccccc1)c1cccc(C(O)C=CC2CCC(=O)N2CCCCCCC(=O)O)c1. The maximum absolute atomic E-state index is 12.4. The van der Waals surface area contributed by atoms with Gasteiger partial charge in [-0.1, -0.05) is 73.5 Å². The normalized spacial score (nSPS) is 17.1. The monoisotopic (exact) mass is 495 g/mol. The van der Waals surface area contributed by atoms with E-state index >= 15 is 0 Å². The molecule has 2 N–H and O–H groups in total. The summed E-state index contributed by atoms with van der Waals surface area (Å²) in [5.74, 6) is -1.74. The molecule has 1 aliphatic heterocycles. The summed E-state index contributed by atoms with van der Waals surface area (Å²) in [5, 5.41) is 19.7. The summed E-state index contributed by atoms with van der Waals surface area (Å²) >= 11 is 0. The van der Waals surface area contributed by atoms with E-state index < -0.39 is 17.9 Å². The van der Waals surface area contributed by atoms with Gasteiger partial charge in [-0.3, -0.25) is 9.59 Å². The van der Waals surface area contributed by atoms with Gasteiger partial charge >= 0.3 is 5.97 Å². The van der Waals surface area contributed by atoms with Crippen LogP contribution in [-0.2, 0) is 24.8 Å². The summed E-state index contributed by atoms with van der Waals surface area (Å²) in [6.45, 7) is 0.647. The van der Waals surface area contributed by atoms with Crippen LogP contribution in [0.25, 0.3) is 0 Å². The van der Waals surface area contributed by atoms with Crippen LogP contribution in [0.1, 0.15) is 67.7 Å². The molecule has 0 bridgehead atoms. The van der Waals surface area contributed by atoms with Gasteiger partial charge in [0.25, 0.3) is 0 Å². The second-order valence-electron chi connectivity index (χ2n) is 9.10. The van der Waals surface area contributed by atoms with Crippen molar-refractivity contribution in [3.8, 4) is 0 Å². The van der Waals surface area contributed by atoms with Gasteiger partial charge in [-0.2, -0.15) is 0 Å². The number of likely N-dealkylation sites (tertiary alicyclic amines) is 1. The Kier molecular flexibility index (Phi) is 10.2. The van der Waals surface area contributed by atoms with Gasteiger partial charge < -0.3 is 24.6 Å². The van der Waals surface area contributed by atoms with Crippen molar-refractivity contribution >= 4 is 11.9 Å². The third-order valence-corrected chi connectivity index (χ3v) is 6.77. The molecule has 36 heavy (non-hydrogen) atoms. The highest BCUT2D eigenvalue weighted by Crippen LogP contribution is 2.35. The lowest BCUT2D eigenvalue weighted by Gasteiger charge is -2.32. The van der Waals surface area contributed by atoms with Gasteiger partial charge in [0.1, 0.15) is 0 Å². The predicted octanol–water partition coefficient (Wildman–Crippen LogP) is 4.80. The van der Waals surface area contributed by atoms with Crippen LogP contribution >= 0.6 is 0 Å². The van der Waals surface area contributed by atoms with E-state index in [9.17, 15) is 14.7 Å². The van der Waals surface area contributed by atoms with Crippen molar-refractivity contribution < 1.29 is 29.3 Å². The molecule has 0 spiro atoms. The molecule has 1 aliphatic rings. The number of carbonyl (C=O) groups excluding carboxylic acids is 1. The van der Waals surface area contributed by atoms with Gasteiger partial charge in [0.15, 0.2) is 0 Å². The highest BCUT2D eigenvalue weighted by atomic mass is 16.7. The fourth-order valence-corrected chi connectivity index (χ4v) is 4.81. The molecule has 0 aliphatic carbocycles. The first-order valence-corrected chi connectivity index (χ1v) is 12.5. The molecule has 2 unspecified atom stereocenters. The number of nitrogens with zero attached hydrogens (tertiary/aromatic N) is 1. The molecule has 3 rings (SSSR count). The Bertz CT molecular complexity index is 1020. The highest BCUT2D eigenvalue weighted by Gasteiger charge is 2.35. The zero-order valence-corrected chi connectivity index (χ0v) is 21.1. The first kappa shape index (κ1) is 27.6. The van der Waals surface area contributed by atoms with Gasteiger partial charge in [0.2, 0.25) is 11.7 Å². The largest absolute Gasteiger partial charge is 0.481 e. The quantitative estimate of drug-likeness (QED) is 0.222. The molecule has 194 valence electrons. The van der Waals surface area contributed by atoms with E-state index in [-0.39, 0.29) is 18.4 Å². The maximum atomic E-state index is 12.4. The molecule has 0 radical (unpaired) electrons. The molecular weight excluding hydrogens is 458 g/mol. The molecule has 2 aromatic rings. The van der Waals surface area contributed by atoms with Crippen LogP contribution in [0.2, 0.25) is 0 Å². The Balaban J connectivity index is 1.66. The fraction of sp³-hybridized carbons (Fsp3) is 0.448. The van der Waals surface area contributed by atoms with Crippen molar-refractivity contribution in [1.29, 1.82) is 0 Å². The number of carbonyl (C=O) groups is 2. The van der Waals surface area contributed by atoms with Crippen molar-refractivity contribution in [2.75, 3.05) is 20.8 Å². The first-order chi connectivity index (χ1) is 17.4.